The zero-order chi connectivity index (χ0) is 13.1. The summed E-state index contributed by atoms with van der Waals surface area (Å²) in [6.07, 6.45) is 2.47. The lowest BCUT2D eigenvalue weighted by molar-refractivity contribution is 0.0182. The van der Waals surface area contributed by atoms with Crippen molar-refractivity contribution in [3.63, 3.8) is 0 Å². The molecule has 102 valence electrons. The first kappa shape index (κ1) is 15.3. The van der Waals surface area contributed by atoms with Crippen LogP contribution in [0.1, 0.15) is 40.5 Å². The van der Waals surface area contributed by atoms with Gasteiger partial charge in [0.25, 0.3) is 0 Å². The SMILES string of the molecule is CCC(CC)(CS)CN1CCN(C)C(C)(C)C1. The van der Waals surface area contributed by atoms with Crippen LogP contribution in [0.3, 0.4) is 0 Å². The Morgan fingerprint density at radius 1 is 1.18 bits per heavy atom. The molecule has 0 atom stereocenters. The Morgan fingerprint density at radius 2 is 1.76 bits per heavy atom. The van der Waals surface area contributed by atoms with Gasteiger partial charge in [0.1, 0.15) is 0 Å². The minimum atomic E-state index is 0.308. The van der Waals surface area contributed by atoms with E-state index in [1.807, 2.05) is 0 Å². The molecular formula is C14H30N2S. The summed E-state index contributed by atoms with van der Waals surface area (Å²) < 4.78 is 0. The highest BCUT2D eigenvalue weighted by Crippen LogP contribution is 2.31. The molecule has 0 radical (unpaired) electrons. The largest absolute Gasteiger partial charge is 0.300 e. The van der Waals surface area contributed by atoms with Gasteiger partial charge in [-0.1, -0.05) is 13.8 Å². The lowest BCUT2D eigenvalue weighted by Crippen LogP contribution is -2.59. The van der Waals surface area contributed by atoms with Crippen molar-refractivity contribution in [3.8, 4) is 0 Å². The van der Waals surface area contributed by atoms with Gasteiger partial charge in [-0.3, -0.25) is 9.80 Å². The van der Waals surface area contributed by atoms with Gasteiger partial charge >= 0.3 is 0 Å². The molecule has 1 fully saturated rings. The fraction of sp³-hybridized carbons (Fsp3) is 1.00. The van der Waals surface area contributed by atoms with E-state index in [4.69, 9.17) is 0 Å². The Hall–Kier alpha value is 0.270. The molecule has 0 spiro atoms. The van der Waals surface area contributed by atoms with Crippen LogP contribution in [0.5, 0.6) is 0 Å². The summed E-state index contributed by atoms with van der Waals surface area (Å²) in [5, 5.41) is 0. The van der Waals surface area contributed by atoms with Crippen LogP contribution in [0.4, 0.5) is 0 Å². The second-order valence-corrected chi connectivity index (χ2v) is 6.63. The van der Waals surface area contributed by atoms with Crippen molar-refractivity contribution in [1.82, 2.24) is 9.80 Å². The van der Waals surface area contributed by atoms with Crippen LogP contribution < -0.4 is 0 Å². The molecule has 0 bridgehead atoms. The summed E-state index contributed by atoms with van der Waals surface area (Å²) in [6.45, 7) is 14.1. The topological polar surface area (TPSA) is 6.48 Å². The number of rotatable bonds is 5. The molecule has 0 aromatic carbocycles. The third kappa shape index (κ3) is 3.62. The van der Waals surface area contributed by atoms with Gasteiger partial charge in [-0.25, -0.2) is 0 Å². The van der Waals surface area contributed by atoms with Crippen molar-refractivity contribution in [2.24, 2.45) is 5.41 Å². The van der Waals surface area contributed by atoms with E-state index in [1.54, 1.807) is 0 Å². The van der Waals surface area contributed by atoms with Crippen molar-refractivity contribution in [2.45, 2.75) is 46.1 Å². The van der Waals surface area contributed by atoms with E-state index in [2.05, 4.69) is 57.2 Å². The number of thiol groups is 1. The Balaban J connectivity index is 2.63. The van der Waals surface area contributed by atoms with Gasteiger partial charge < -0.3 is 0 Å². The lowest BCUT2D eigenvalue weighted by Gasteiger charge is -2.48. The number of hydrogen-bond acceptors (Lipinski definition) is 3. The second-order valence-electron chi connectivity index (χ2n) is 6.31. The average Bonchev–Trinajstić information content (AvgIpc) is 2.31. The molecule has 0 aliphatic carbocycles. The molecule has 0 aromatic rings. The predicted molar refractivity (Wildman–Crippen MR) is 80.0 cm³/mol. The maximum atomic E-state index is 4.58. The van der Waals surface area contributed by atoms with E-state index in [1.165, 1.54) is 39.0 Å². The van der Waals surface area contributed by atoms with Crippen LogP contribution >= 0.6 is 12.6 Å². The summed E-state index contributed by atoms with van der Waals surface area (Å²) in [5.41, 5.74) is 0.719. The summed E-state index contributed by atoms with van der Waals surface area (Å²) in [5.74, 6) is 1.01. The van der Waals surface area contributed by atoms with Crippen LogP contribution in [0.15, 0.2) is 0 Å². The molecule has 0 saturated carbocycles. The zero-order valence-electron chi connectivity index (χ0n) is 12.3. The van der Waals surface area contributed by atoms with Crippen LogP contribution in [0.25, 0.3) is 0 Å². The highest BCUT2D eigenvalue weighted by Gasteiger charge is 2.35. The van der Waals surface area contributed by atoms with Crippen LogP contribution in [-0.2, 0) is 0 Å². The quantitative estimate of drug-likeness (QED) is 0.758. The van der Waals surface area contributed by atoms with Gasteiger partial charge in [0, 0.05) is 31.7 Å². The molecule has 3 heteroatoms. The third-order valence-electron chi connectivity index (χ3n) is 4.79. The third-order valence-corrected chi connectivity index (χ3v) is 5.46. The summed E-state index contributed by atoms with van der Waals surface area (Å²) in [6, 6.07) is 0. The van der Waals surface area contributed by atoms with Gasteiger partial charge in [0.2, 0.25) is 0 Å². The van der Waals surface area contributed by atoms with Crippen molar-refractivity contribution in [2.75, 3.05) is 39.0 Å². The van der Waals surface area contributed by atoms with Crippen molar-refractivity contribution >= 4 is 12.6 Å². The molecule has 1 aliphatic heterocycles. The van der Waals surface area contributed by atoms with E-state index in [-0.39, 0.29) is 0 Å². The van der Waals surface area contributed by atoms with E-state index < -0.39 is 0 Å². The van der Waals surface area contributed by atoms with E-state index >= 15 is 0 Å². The fourth-order valence-corrected chi connectivity index (χ4v) is 3.24. The van der Waals surface area contributed by atoms with Gasteiger partial charge in [-0.2, -0.15) is 12.6 Å². The average molecular weight is 258 g/mol. The molecule has 1 saturated heterocycles. The van der Waals surface area contributed by atoms with E-state index in [9.17, 15) is 0 Å². The van der Waals surface area contributed by atoms with Gasteiger partial charge in [0.05, 0.1) is 0 Å². The Labute approximate surface area is 113 Å². The molecule has 1 aliphatic rings. The van der Waals surface area contributed by atoms with E-state index in [0.29, 0.717) is 11.0 Å². The fourth-order valence-electron chi connectivity index (χ4n) is 2.70. The number of hydrogen-bond donors (Lipinski definition) is 1. The maximum Gasteiger partial charge on any atom is 0.0277 e. The number of nitrogens with zero attached hydrogens (tertiary/aromatic N) is 2. The minimum absolute atomic E-state index is 0.308. The molecule has 1 heterocycles. The first-order valence-electron chi connectivity index (χ1n) is 6.93. The standard InChI is InChI=1S/C14H30N2S/c1-6-14(7-2,12-17)11-16-9-8-15(5)13(3,4)10-16/h17H,6-12H2,1-5H3. The van der Waals surface area contributed by atoms with Crippen molar-refractivity contribution < 1.29 is 0 Å². The predicted octanol–water partition coefficient (Wildman–Crippen LogP) is 2.75. The first-order chi connectivity index (χ1) is 7.89. The van der Waals surface area contributed by atoms with Crippen LogP contribution in [-0.4, -0.2) is 54.3 Å². The van der Waals surface area contributed by atoms with Crippen molar-refractivity contribution in [1.29, 1.82) is 0 Å². The highest BCUT2D eigenvalue weighted by molar-refractivity contribution is 7.80. The maximum absolute atomic E-state index is 4.58. The summed E-state index contributed by atoms with van der Waals surface area (Å²) in [7, 11) is 2.24. The number of likely N-dealkylation sites (N-methyl/N-ethyl adjacent to an activating group) is 1. The normalized spacial score (nSPS) is 22.9. The van der Waals surface area contributed by atoms with Gasteiger partial charge in [0.15, 0.2) is 0 Å². The summed E-state index contributed by atoms with van der Waals surface area (Å²) >= 11 is 4.58. The van der Waals surface area contributed by atoms with Crippen molar-refractivity contribution in [3.05, 3.63) is 0 Å². The number of piperazine rings is 1. The molecule has 0 N–H and O–H groups in total. The minimum Gasteiger partial charge on any atom is -0.300 e. The smallest absolute Gasteiger partial charge is 0.0277 e. The molecule has 0 amide bonds. The van der Waals surface area contributed by atoms with Crippen LogP contribution in [0, 0.1) is 5.41 Å². The van der Waals surface area contributed by atoms with Gasteiger partial charge in [-0.05, 0) is 44.9 Å². The van der Waals surface area contributed by atoms with Gasteiger partial charge in [-0.15, -0.1) is 0 Å². The molecule has 0 unspecified atom stereocenters. The molecule has 1 rings (SSSR count). The summed E-state index contributed by atoms with van der Waals surface area (Å²) in [4.78, 5) is 5.12. The first-order valence-corrected chi connectivity index (χ1v) is 7.57. The Morgan fingerprint density at radius 3 is 2.18 bits per heavy atom. The highest BCUT2D eigenvalue weighted by atomic mass is 32.1. The lowest BCUT2D eigenvalue weighted by atomic mass is 9.83. The van der Waals surface area contributed by atoms with E-state index in [0.717, 1.165) is 5.75 Å². The molecule has 2 nitrogen and oxygen atoms in total. The van der Waals surface area contributed by atoms with Crippen LogP contribution in [0.2, 0.25) is 0 Å². The molecular weight excluding hydrogens is 228 g/mol. The molecule has 17 heavy (non-hydrogen) atoms. The zero-order valence-corrected chi connectivity index (χ0v) is 13.2. The second kappa shape index (κ2) is 5.94. The Bertz CT molecular complexity index is 228. The molecule has 0 aromatic heterocycles. The Kier molecular flexibility index (Phi) is 5.36. The monoisotopic (exact) mass is 258 g/mol.